The molecule has 0 saturated carbocycles. The monoisotopic (exact) mass is 458 g/mol. The van der Waals surface area contributed by atoms with Gasteiger partial charge in [-0.05, 0) is 32.0 Å². The smallest absolute Gasteiger partial charge is 0.279 e. The van der Waals surface area contributed by atoms with Crippen molar-refractivity contribution in [2.75, 3.05) is 13.2 Å². The van der Waals surface area contributed by atoms with E-state index in [0.29, 0.717) is 36.1 Å². The fourth-order valence-corrected chi connectivity index (χ4v) is 5.38. The average molecular weight is 459 g/mol. The summed E-state index contributed by atoms with van der Waals surface area (Å²) in [5.74, 6) is 0.802. The molecular weight excluding hydrogens is 436 g/mol. The quantitative estimate of drug-likeness (QED) is 0.546. The number of sulfone groups is 1. The molecule has 1 aromatic heterocycles. The third-order valence-corrected chi connectivity index (χ3v) is 8.08. The minimum Gasteiger partial charge on any atom is -0.486 e. The SMILES string of the molecule is C=CCn1c(=NC(=O)c2cccc(S(=O)(=O)C(C)C)c2)sc2cc3c(cc21)OCCO3. The van der Waals surface area contributed by atoms with E-state index in [2.05, 4.69) is 11.6 Å². The first-order chi connectivity index (χ1) is 14.8. The number of carbonyl (C=O) groups excluding carboxylic acids is 1. The molecule has 1 aliphatic heterocycles. The van der Waals surface area contributed by atoms with Crippen LogP contribution in [0.1, 0.15) is 24.2 Å². The number of ether oxygens (including phenoxy) is 2. The van der Waals surface area contributed by atoms with Crippen LogP contribution in [0.3, 0.4) is 0 Å². The van der Waals surface area contributed by atoms with E-state index in [-0.39, 0.29) is 10.5 Å². The van der Waals surface area contributed by atoms with Gasteiger partial charge in [-0.25, -0.2) is 8.42 Å². The average Bonchev–Trinajstić information content (AvgIpc) is 3.08. The number of allylic oxidation sites excluding steroid dienone is 1. The molecular formula is C22H22N2O5S2. The molecule has 0 radical (unpaired) electrons. The van der Waals surface area contributed by atoms with Crippen LogP contribution in [0.5, 0.6) is 11.5 Å². The Hall–Kier alpha value is -2.91. The van der Waals surface area contributed by atoms with Gasteiger partial charge in [0.25, 0.3) is 5.91 Å². The zero-order valence-electron chi connectivity index (χ0n) is 17.2. The van der Waals surface area contributed by atoms with Gasteiger partial charge in [0.05, 0.1) is 20.4 Å². The number of rotatable bonds is 5. The largest absolute Gasteiger partial charge is 0.486 e. The number of amides is 1. The zero-order valence-corrected chi connectivity index (χ0v) is 18.8. The molecule has 1 aliphatic rings. The summed E-state index contributed by atoms with van der Waals surface area (Å²) in [6.45, 7) is 8.43. The number of benzene rings is 2. The lowest BCUT2D eigenvalue weighted by Gasteiger charge is -2.18. The molecule has 7 nitrogen and oxygen atoms in total. The predicted molar refractivity (Wildman–Crippen MR) is 120 cm³/mol. The lowest BCUT2D eigenvalue weighted by Crippen LogP contribution is -2.17. The molecule has 0 bridgehead atoms. The van der Waals surface area contributed by atoms with Gasteiger partial charge in [-0.3, -0.25) is 4.79 Å². The third kappa shape index (κ3) is 4.03. The van der Waals surface area contributed by atoms with Crippen LogP contribution >= 0.6 is 11.3 Å². The van der Waals surface area contributed by atoms with Gasteiger partial charge in [-0.1, -0.05) is 23.5 Å². The molecule has 0 spiro atoms. The van der Waals surface area contributed by atoms with Gasteiger partial charge in [-0.15, -0.1) is 6.58 Å². The Morgan fingerprint density at radius 1 is 1.23 bits per heavy atom. The molecule has 2 aromatic carbocycles. The maximum atomic E-state index is 12.9. The highest BCUT2D eigenvalue weighted by molar-refractivity contribution is 7.92. The van der Waals surface area contributed by atoms with Crippen LogP contribution in [-0.4, -0.2) is 37.4 Å². The lowest BCUT2D eigenvalue weighted by atomic mass is 10.2. The summed E-state index contributed by atoms with van der Waals surface area (Å²) in [6, 6.07) is 9.76. The van der Waals surface area contributed by atoms with Crippen molar-refractivity contribution in [2.45, 2.75) is 30.5 Å². The molecule has 31 heavy (non-hydrogen) atoms. The van der Waals surface area contributed by atoms with E-state index < -0.39 is 21.0 Å². The van der Waals surface area contributed by atoms with Crippen LogP contribution in [0, 0.1) is 0 Å². The van der Waals surface area contributed by atoms with Crippen molar-refractivity contribution in [1.82, 2.24) is 4.57 Å². The molecule has 0 atom stereocenters. The summed E-state index contributed by atoms with van der Waals surface area (Å²) in [5.41, 5.74) is 1.08. The number of aromatic nitrogens is 1. The van der Waals surface area contributed by atoms with E-state index in [1.54, 1.807) is 32.1 Å². The van der Waals surface area contributed by atoms with E-state index in [9.17, 15) is 13.2 Å². The molecule has 4 rings (SSSR count). The number of thiazole rings is 1. The molecule has 9 heteroatoms. The first-order valence-corrected chi connectivity index (χ1v) is 12.1. The summed E-state index contributed by atoms with van der Waals surface area (Å²) in [5, 5.41) is -0.581. The number of nitrogens with zero attached hydrogens (tertiary/aromatic N) is 2. The first-order valence-electron chi connectivity index (χ1n) is 9.78. The van der Waals surface area contributed by atoms with E-state index in [4.69, 9.17) is 9.47 Å². The fraction of sp³-hybridized carbons (Fsp3) is 0.273. The van der Waals surface area contributed by atoms with Crippen molar-refractivity contribution in [1.29, 1.82) is 0 Å². The van der Waals surface area contributed by atoms with Crippen LogP contribution in [0.25, 0.3) is 10.2 Å². The Bertz CT molecular complexity index is 1350. The second-order valence-electron chi connectivity index (χ2n) is 7.29. The lowest BCUT2D eigenvalue weighted by molar-refractivity contribution is 0.0997. The Morgan fingerprint density at radius 2 is 1.94 bits per heavy atom. The van der Waals surface area contributed by atoms with Crippen LogP contribution in [0.4, 0.5) is 0 Å². The molecule has 3 aromatic rings. The van der Waals surface area contributed by atoms with E-state index in [0.717, 1.165) is 10.2 Å². The molecule has 0 fully saturated rings. The van der Waals surface area contributed by atoms with E-state index in [1.807, 2.05) is 16.7 Å². The molecule has 0 N–H and O–H groups in total. The molecule has 2 heterocycles. The summed E-state index contributed by atoms with van der Waals surface area (Å²) in [7, 11) is -3.49. The normalized spacial score (nSPS) is 14.2. The summed E-state index contributed by atoms with van der Waals surface area (Å²) >= 11 is 1.35. The van der Waals surface area contributed by atoms with Crippen molar-refractivity contribution >= 4 is 37.3 Å². The van der Waals surface area contributed by atoms with Crippen molar-refractivity contribution in [2.24, 2.45) is 4.99 Å². The Labute approximate surface area is 184 Å². The van der Waals surface area contributed by atoms with Crippen LogP contribution in [-0.2, 0) is 16.4 Å². The summed E-state index contributed by atoms with van der Waals surface area (Å²) < 4.78 is 39.0. The highest BCUT2D eigenvalue weighted by Crippen LogP contribution is 2.35. The van der Waals surface area contributed by atoms with Gasteiger partial charge in [0.1, 0.15) is 13.2 Å². The highest BCUT2D eigenvalue weighted by Gasteiger charge is 2.21. The number of fused-ring (bicyclic) bond motifs is 2. The fourth-order valence-electron chi connectivity index (χ4n) is 3.23. The minimum absolute atomic E-state index is 0.112. The van der Waals surface area contributed by atoms with Gasteiger partial charge in [-0.2, -0.15) is 4.99 Å². The van der Waals surface area contributed by atoms with Crippen molar-refractivity contribution in [3.8, 4) is 11.5 Å². The van der Waals surface area contributed by atoms with E-state index >= 15 is 0 Å². The molecule has 0 unspecified atom stereocenters. The highest BCUT2D eigenvalue weighted by atomic mass is 32.2. The van der Waals surface area contributed by atoms with Crippen LogP contribution < -0.4 is 14.3 Å². The van der Waals surface area contributed by atoms with Crippen molar-refractivity contribution < 1.29 is 22.7 Å². The predicted octanol–water partition coefficient (Wildman–Crippen LogP) is 3.58. The van der Waals surface area contributed by atoms with Crippen molar-refractivity contribution in [3.63, 3.8) is 0 Å². The van der Waals surface area contributed by atoms with Gasteiger partial charge >= 0.3 is 0 Å². The van der Waals surface area contributed by atoms with Crippen molar-refractivity contribution in [3.05, 3.63) is 59.4 Å². The Morgan fingerprint density at radius 3 is 2.61 bits per heavy atom. The second kappa shape index (κ2) is 8.32. The van der Waals surface area contributed by atoms with E-state index in [1.165, 1.54) is 23.5 Å². The van der Waals surface area contributed by atoms with Gasteiger partial charge in [0.2, 0.25) is 0 Å². The maximum Gasteiger partial charge on any atom is 0.279 e. The summed E-state index contributed by atoms with van der Waals surface area (Å²) in [6.07, 6.45) is 1.72. The molecule has 0 aliphatic carbocycles. The topological polar surface area (TPSA) is 87.0 Å². The molecule has 0 saturated heterocycles. The molecule has 162 valence electrons. The van der Waals surface area contributed by atoms with Crippen LogP contribution in [0.15, 0.2) is 58.9 Å². The second-order valence-corrected chi connectivity index (χ2v) is 10.8. The Balaban J connectivity index is 1.81. The molecule has 1 amide bonds. The zero-order chi connectivity index (χ0) is 22.2. The maximum absolute atomic E-state index is 12.9. The van der Waals surface area contributed by atoms with Gasteiger partial charge in [0, 0.05) is 24.2 Å². The standard InChI is InChI=1S/C22H22N2O5S2/c1-4-8-24-17-12-18-19(29-10-9-28-18)13-20(17)30-22(24)23-21(25)15-6-5-7-16(11-15)31(26,27)14(2)3/h4-7,11-14H,1,8-10H2,2-3H3. The van der Waals surface area contributed by atoms with Crippen LogP contribution in [0.2, 0.25) is 0 Å². The first kappa shape index (κ1) is 21.3. The van der Waals surface area contributed by atoms with Gasteiger partial charge in [0.15, 0.2) is 26.1 Å². The third-order valence-electron chi connectivity index (χ3n) is 4.89. The number of hydrogen-bond acceptors (Lipinski definition) is 6. The van der Waals surface area contributed by atoms with Gasteiger partial charge < -0.3 is 14.0 Å². The minimum atomic E-state index is -3.49. The Kier molecular flexibility index (Phi) is 5.72. The summed E-state index contributed by atoms with van der Waals surface area (Å²) in [4.78, 5) is 17.8. The number of hydrogen-bond donors (Lipinski definition) is 0. The number of carbonyl (C=O) groups is 1.